The Labute approximate surface area is 200 Å². The molecular weight excluding hydrogens is 458 g/mol. The third-order valence-corrected chi connectivity index (χ3v) is 6.79. The molecule has 176 valence electrons. The molecule has 5 rings (SSSR count). The zero-order chi connectivity index (χ0) is 24.1. The van der Waals surface area contributed by atoms with E-state index >= 15 is 0 Å². The van der Waals surface area contributed by atoms with E-state index in [4.69, 9.17) is 31.7 Å². The van der Waals surface area contributed by atoms with Crippen molar-refractivity contribution in [1.82, 2.24) is 4.68 Å². The molecule has 0 saturated carbocycles. The van der Waals surface area contributed by atoms with Crippen molar-refractivity contribution < 1.29 is 24.1 Å². The minimum Gasteiger partial charge on any atom is -0.507 e. The SMILES string of the molecule is COc1cc2cc(C(=O)N3C[C@@H](CCl)c4c3cc(O)c3ccccc43)n(N)c2c(OC)c1OC. The number of anilines is 1. The number of hydrogen-bond acceptors (Lipinski definition) is 6. The van der Waals surface area contributed by atoms with Crippen molar-refractivity contribution in [1.29, 1.82) is 0 Å². The number of fused-ring (bicyclic) bond motifs is 4. The topological polar surface area (TPSA) is 99.2 Å². The molecule has 34 heavy (non-hydrogen) atoms. The molecule has 0 saturated heterocycles. The lowest BCUT2D eigenvalue weighted by Gasteiger charge is -2.19. The van der Waals surface area contributed by atoms with Crippen LogP contribution in [0.15, 0.2) is 42.5 Å². The first-order chi connectivity index (χ1) is 16.4. The van der Waals surface area contributed by atoms with Crippen molar-refractivity contribution in [3.8, 4) is 23.0 Å². The highest BCUT2D eigenvalue weighted by Crippen LogP contribution is 2.47. The number of carbonyl (C=O) groups excluding carboxylic acids is 1. The highest BCUT2D eigenvalue weighted by molar-refractivity contribution is 6.19. The lowest BCUT2D eigenvalue weighted by Crippen LogP contribution is -2.33. The predicted molar refractivity (Wildman–Crippen MR) is 132 cm³/mol. The summed E-state index contributed by atoms with van der Waals surface area (Å²) in [5, 5.41) is 12.9. The number of methoxy groups -OCH3 is 3. The summed E-state index contributed by atoms with van der Waals surface area (Å²) in [6.07, 6.45) is 0. The van der Waals surface area contributed by atoms with Gasteiger partial charge in [0.2, 0.25) is 5.75 Å². The van der Waals surface area contributed by atoms with Crippen LogP contribution in [0, 0.1) is 0 Å². The minimum atomic E-state index is -0.317. The number of carbonyl (C=O) groups is 1. The van der Waals surface area contributed by atoms with Gasteiger partial charge in [-0.1, -0.05) is 24.3 Å². The molecule has 1 atom stereocenters. The Balaban J connectivity index is 1.68. The van der Waals surface area contributed by atoms with E-state index in [1.807, 2.05) is 24.3 Å². The van der Waals surface area contributed by atoms with E-state index in [1.54, 1.807) is 23.1 Å². The first-order valence-electron chi connectivity index (χ1n) is 10.7. The normalized spacial score (nSPS) is 15.1. The molecular formula is C25H24ClN3O5. The number of hydrogen-bond donors (Lipinski definition) is 2. The van der Waals surface area contributed by atoms with Gasteiger partial charge in [0.25, 0.3) is 5.91 Å². The maximum atomic E-state index is 13.8. The van der Waals surface area contributed by atoms with Gasteiger partial charge in [-0.2, -0.15) is 0 Å². The van der Waals surface area contributed by atoms with Gasteiger partial charge in [0.15, 0.2) is 11.5 Å². The Kier molecular flexibility index (Phi) is 5.32. The number of phenolic OH excluding ortho intramolecular Hbond substituents is 1. The van der Waals surface area contributed by atoms with Gasteiger partial charge in [-0.15, -0.1) is 11.6 Å². The second kappa shape index (κ2) is 8.22. The molecule has 3 N–H and O–H groups in total. The summed E-state index contributed by atoms with van der Waals surface area (Å²) in [7, 11) is 4.53. The van der Waals surface area contributed by atoms with E-state index < -0.39 is 0 Å². The van der Waals surface area contributed by atoms with E-state index in [0.717, 1.165) is 16.3 Å². The zero-order valence-corrected chi connectivity index (χ0v) is 19.7. The van der Waals surface area contributed by atoms with Gasteiger partial charge >= 0.3 is 0 Å². The monoisotopic (exact) mass is 481 g/mol. The zero-order valence-electron chi connectivity index (χ0n) is 19.0. The number of ether oxygens (including phenoxy) is 3. The fourth-order valence-corrected chi connectivity index (χ4v) is 5.16. The van der Waals surface area contributed by atoms with Crippen molar-refractivity contribution in [3.05, 3.63) is 53.7 Å². The third kappa shape index (κ3) is 3.02. The van der Waals surface area contributed by atoms with Gasteiger partial charge in [0, 0.05) is 35.2 Å². The van der Waals surface area contributed by atoms with Crippen LogP contribution in [0.4, 0.5) is 5.69 Å². The molecule has 1 aliphatic rings. The van der Waals surface area contributed by atoms with E-state index in [9.17, 15) is 9.90 Å². The van der Waals surface area contributed by atoms with Gasteiger partial charge in [-0.05, 0) is 23.1 Å². The molecule has 1 aromatic heterocycles. The Bertz CT molecular complexity index is 1450. The number of benzene rings is 3. The van der Waals surface area contributed by atoms with Gasteiger partial charge in [0.05, 0.1) is 27.0 Å². The predicted octanol–water partition coefficient (Wildman–Crippen LogP) is 4.22. The number of rotatable bonds is 5. The van der Waals surface area contributed by atoms with E-state index in [0.29, 0.717) is 46.3 Å². The van der Waals surface area contributed by atoms with Crippen LogP contribution in [0.1, 0.15) is 22.0 Å². The van der Waals surface area contributed by atoms with E-state index in [1.165, 1.54) is 26.0 Å². The average molecular weight is 482 g/mol. The molecule has 0 fully saturated rings. The Morgan fingerprint density at radius 2 is 1.79 bits per heavy atom. The minimum absolute atomic E-state index is 0.0866. The largest absolute Gasteiger partial charge is 0.507 e. The lowest BCUT2D eigenvalue weighted by molar-refractivity contribution is 0.0981. The van der Waals surface area contributed by atoms with Gasteiger partial charge in [-0.25, -0.2) is 0 Å². The second-order valence-electron chi connectivity index (χ2n) is 8.12. The summed E-state index contributed by atoms with van der Waals surface area (Å²) in [5.74, 6) is 7.66. The number of alkyl halides is 1. The summed E-state index contributed by atoms with van der Waals surface area (Å²) >= 11 is 6.32. The number of nitrogens with two attached hydrogens (primary N) is 1. The van der Waals surface area contributed by atoms with Crippen molar-refractivity contribution in [2.45, 2.75) is 5.92 Å². The van der Waals surface area contributed by atoms with Crippen LogP contribution in [-0.4, -0.2) is 49.4 Å². The third-order valence-electron chi connectivity index (χ3n) is 6.42. The molecule has 8 nitrogen and oxygen atoms in total. The maximum Gasteiger partial charge on any atom is 0.276 e. The molecule has 4 aromatic rings. The first kappa shape index (κ1) is 22.0. The summed E-state index contributed by atoms with van der Waals surface area (Å²) < 4.78 is 17.8. The molecule has 0 bridgehead atoms. The molecule has 0 aliphatic carbocycles. The van der Waals surface area contributed by atoms with Crippen molar-refractivity contribution >= 4 is 44.9 Å². The van der Waals surface area contributed by atoms with Crippen LogP contribution in [0.5, 0.6) is 23.0 Å². The fraction of sp³-hybridized carbons (Fsp3) is 0.240. The molecule has 0 spiro atoms. The standard InChI is InChI=1S/C25H24ClN3O5/c1-32-20-9-13-8-18(29(27)22(13)24(34-3)23(20)33-2)25(31)28-12-14(11-26)21-16-7-5-4-6-15(16)19(30)10-17(21)28/h4-10,14,30H,11-12,27H2,1-3H3/t14-/m1/s1. The smallest absolute Gasteiger partial charge is 0.276 e. The van der Waals surface area contributed by atoms with E-state index in [2.05, 4.69) is 0 Å². The summed E-state index contributed by atoms with van der Waals surface area (Å²) in [6, 6.07) is 12.6. The number of nitrogen functional groups attached to an aromatic ring is 1. The Morgan fingerprint density at radius 1 is 1.09 bits per heavy atom. The average Bonchev–Trinajstić information content (AvgIpc) is 3.40. The molecule has 2 heterocycles. The second-order valence-corrected chi connectivity index (χ2v) is 8.43. The quantitative estimate of drug-likeness (QED) is 0.327. The van der Waals surface area contributed by atoms with Crippen LogP contribution in [0.25, 0.3) is 21.7 Å². The summed E-state index contributed by atoms with van der Waals surface area (Å²) in [6.45, 7) is 0.371. The first-order valence-corrected chi connectivity index (χ1v) is 11.2. The lowest BCUT2D eigenvalue weighted by atomic mass is 9.95. The fourth-order valence-electron chi connectivity index (χ4n) is 4.90. The number of nitrogens with zero attached hydrogens (tertiary/aromatic N) is 2. The maximum absolute atomic E-state index is 13.8. The molecule has 0 unspecified atom stereocenters. The van der Waals surface area contributed by atoms with Crippen LogP contribution in [-0.2, 0) is 0 Å². The Hall–Kier alpha value is -3.78. The van der Waals surface area contributed by atoms with Crippen LogP contribution < -0.4 is 25.0 Å². The number of halogens is 1. The molecule has 0 radical (unpaired) electrons. The van der Waals surface area contributed by atoms with Crippen LogP contribution in [0.2, 0.25) is 0 Å². The highest BCUT2D eigenvalue weighted by Gasteiger charge is 2.36. The molecule has 1 amide bonds. The summed E-state index contributed by atoms with van der Waals surface area (Å²) in [5.41, 5.74) is 2.31. The van der Waals surface area contributed by atoms with Crippen LogP contribution in [0.3, 0.4) is 0 Å². The number of aromatic nitrogens is 1. The number of aromatic hydroxyl groups is 1. The van der Waals surface area contributed by atoms with E-state index in [-0.39, 0.29) is 23.3 Å². The molecule has 9 heteroatoms. The van der Waals surface area contributed by atoms with Crippen molar-refractivity contribution in [2.24, 2.45) is 0 Å². The van der Waals surface area contributed by atoms with Gasteiger partial charge < -0.3 is 30.1 Å². The van der Waals surface area contributed by atoms with Crippen molar-refractivity contribution in [2.75, 3.05) is 44.5 Å². The molecule has 3 aromatic carbocycles. The van der Waals surface area contributed by atoms with Crippen LogP contribution >= 0.6 is 11.6 Å². The highest BCUT2D eigenvalue weighted by atomic mass is 35.5. The van der Waals surface area contributed by atoms with Gasteiger partial charge in [0.1, 0.15) is 17.0 Å². The molecule has 1 aliphatic heterocycles. The van der Waals surface area contributed by atoms with Crippen molar-refractivity contribution in [3.63, 3.8) is 0 Å². The van der Waals surface area contributed by atoms with Gasteiger partial charge in [-0.3, -0.25) is 9.47 Å². The number of phenols is 1. The Morgan fingerprint density at radius 3 is 2.44 bits per heavy atom. The summed E-state index contributed by atoms with van der Waals surface area (Å²) in [4.78, 5) is 15.4. The number of amides is 1.